The number of aliphatic imine (C=N–C) groups is 1. The van der Waals surface area contributed by atoms with E-state index < -0.39 is 5.60 Å². The number of rotatable bonds is 11. The van der Waals surface area contributed by atoms with Gasteiger partial charge in [-0.3, -0.25) is 4.90 Å². The van der Waals surface area contributed by atoms with Gasteiger partial charge in [0.25, 0.3) is 0 Å². The molecule has 0 spiro atoms. The molecule has 0 aromatic heterocycles. The van der Waals surface area contributed by atoms with E-state index in [-0.39, 0.29) is 0 Å². The number of guanidine groups is 1. The first-order chi connectivity index (χ1) is 14.4. The SMILES string of the molecule is CCNC(=NCc1ccccc1OCCN(C)C)NCC(C)(O)CN1CCOCC1. The Morgan fingerprint density at radius 3 is 2.70 bits per heavy atom. The fraction of sp³-hybridized carbons (Fsp3) is 0.682. The summed E-state index contributed by atoms with van der Waals surface area (Å²) in [4.78, 5) is 9.02. The third-order valence-electron chi connectivity index (χ3n) is 4.83. The van der Waals surface area contributed by atoms with Gasteiger partial charge >= 0.3 is 0 Å². The van der Waals surface area contributed by atoms with Crippen molar-refractivity contribution in [1.29, 1.82) is 0 Å². The zero-order chi connectivity index (χ0) is 21.8. The minimum absolute atomic E-state index is 0.414. The monoisotopic (exact) mass is 421 g/mol. The van der Waals surface area contributed by atoms with Crippen molar-refractivity contribution < 1.29 is 14.6 Å². The standard InChI is InChI=1S/C22H39N5O3/c1-5-23-21(25-17-22(2,28)18-27-11-13-29-14-12-27)24-16-19-8-6-7-9-20(19)30-15-10-26(3)4/h6-9,28H,5,10-18H2,1-4H3,(H2,23,24,25). The molecular formula is C22H39N5O3. The number of benzene rings is 1. The van der Waals surface area contributed by atoms with E-state index in [0.717, 1.165) is 50.7 Å². The molecule has 0 amide bonds. The summed E-state index contributed by atoms with van der Waals surface area (Å²) in [7, 11) is 4.06. The highest BCUT2D eigenvalue weighted by molar-refractivity contribution is 5.79. The third-order valence-corrected chi connectivity index (χ3v) is 4.83. The Balaban J connectivity index is 1.92. The summed E-state index contributed by atoms with van der Waals surface area (Å²) in [5, 5.41) is 17.3. The second-order valence-corrected chi connectivity index (χ2v) is 8.19. The van der Waals surface area contributed by atoms with Gasteiger partial charge in [-0.2, -0.15) is 0 Å². The number of aliphatic hydroxyl groups is 1. The topological polar surface area (TPSA) is 81.6 Å². The molecule has 1 aliphatic heterocycles. The molecule has 0 radical (unpaired) electrons. The van der Waals surface area contributed by atoms with Gasteiger partial charge in [-0.15, -0.1) is 0 Å². The van der Waals surface area contributed by atoms with Crippen molar-refractivity contribution in [1.82, 2.24) is 20.4 Å². The molecule has 1 aliphatic rings. The zero-order valence-electron chi connectivity index (χ0n) is 19.0. The van der Waals surface area contributed by atoms with Crippen LogP contribution < -0.4 is 15.4 Å². The molecule has 1 unspecified atom stereocenters. The van der Waals surface area contributed by atoms with E-state index in [1.54, 1.807) is 0 Å². The highest BCUT2D eigenvalue weighted by Crippen LogP contribution is 2.18. The summed E-state index contributed by atoms with van der Waals surface area (Å²) in [6.07, 6.45) is 0. The van der Waals surface area contributed by atoms with E-state index in [1.807, 2.05) is 52.2 Å². The van der Waals surface area contributed by atoms with Crippen LogP contribution in [0.4, 0.5) is 0 Å². The summed E-state index contributed by atoms with van der Waals surface area (Å²) in [5.41, 5.74) is 0.175. The number of morpholine rings is 1. The van der Waals surface area contributed by atoms with Gasteiger partial charge in [0.15, 0.2) is 5.96 Å². The maximum absolute atomic E-state index is 10.8. The van der Waals surface area contributed by atoms with Crippen molar-refractivity contribution >= 4 is 5.96 Å². The number of ether oxygens (including phenoxy) is 2. The molecule has 8 nitrogen and oxygen atoms in total. The molecule has 0 bridgehead atoms. The van der Waals surface area contributed by atoms with Crippen molar-refractivity contribution in [3.63, 3.8) is 0 Å². The van der Waals surface area contributed by atoms with E-state index in [9.17, 15) is 5.11 Å². The predicted octanol–water partition coefficient (Wildman–Crippen LogP) is 0.765. The van der Waals surface area contributed by atoms with Crippen LogP contribution in [0.2, 0.25) is 0 Å². The highest BCUT2D eigenvalue weighted by Gasteiger charge is 2.25. The first-order valence-electron chi connectivity index (χ1n) is 10.8. The van der Waals surface area contributed by atoms with Crippen molar-refractivity contribution in [3.8, 4) is 5.75 Å². The zero-order valence-corrected chi connectivity index (χ0v) is 19.0. The lowest BCUT2D eigenvalue weighted by molar-refractivity contribution is -0.0201. The number of likely N-dealkylation sites (N-methyl/N-ethyl adjacent to an activating group) is 1. The van der Waals surface area contributed by atoms with Crippen LogP contribution in [-0.4, -0.2) is 99.7 Å². The molecule has 1 heterocycles. The van der Waals surface area contributed by atoms with E-state index in [2.05, 4.69) is 20.4 Å². The Morgan fingerprint density at radius 1 is 1.27 bits per heavy atom. The maximum atomic E-state index is 10.8. The predicted molar refractivity (Wildman–Crippen MR) is 121 cm³/mol. The van der Waals surface area contributed by atoms with Crippen LogP contribution in [0.1, 0.15) is 19.4 Å². The number of nitrogens with zero attached hydrogens (tertiary/aromatic N) is 3. The molecule has 3 N–H and O–H groups in total. The van der Waals surface area contributed by atoms with Crippen molar-refractivity contribution in [2.24, 2.45) is 4.99 Å². The minimum Gasteiger partial charge on any atom is -0.492 e. The molecule has 0 saturated carbocycles. The van der Waals surface area contributed by atoms with Crippen molar-refractivity contribution in [3.05, 3.63) is 29.8 Å². The third kappa shape index (κ3) is 9.30. The Morgan fingerprint density at radius 2 is 2.00 bits per heavy atom. The fourth-order valence-electron chi connectivity index (χ4n) is 3.19. The highest BCUT2D eigenvalue weighted by atomic mass is 16.5. The van der Waals surface area contributed by atoms with Gasteiger partial charge in [0, 0.05) is 44.8 Å². The van der Waals surface area contributed by atoms with Crippen LogP contribution >= 0.6 is 0 Å². The summed E-state index contributed by atoms with van der Waals surface area (Å²) >= 11 is 0. The van der Waals surface area contributed by atoms with Gasteiger partial charge in [-0.25, -0.2) is 4.99 Å². The second kappa shape index (κ2) is 12.7. The summed E-state index contributed by atoms with van der Waals surface area (Å²) in [6.45, 7) is 10.8. The van der Waals surface area contributed by atoms with E-state index in [1.165, 1.54) is 0 Å². The Kier molecular flexibility index (Phi) is 10.4. The smallest absolute Gasteiger partial charge is 0.191 e. The van der Waals surface area contributed by atoms with Gasteiger partial charge < -0.3 is 30.1 Å². The summed E-state index contributed by atoms with van der Waals surface area (Å²) in [5.74, 6) is 1.54. The Labute approximate surface area is 181 Å². The number of β-amino-alcohol motifs (C(OH)–C–C–N with tert-alkyl or cyclic N) is 1. The molecular weight excluding hydrogens is 382 g/mol. The Hall–Kier alpha value is -1.87. The van der Waals surface area contributed by atoms with E-state index in [0.29, 0.717) is 32.2 Å². The lowest BCUT2D eigenvalue weighted by Gasteiger charge is -2.34. The van der Waals surface area contributed by atoms with Gasteiger partial charge in [-0.05, 0) is 34.0 Å². The summed E-state index contributed by atoms with van der Waals surface area (Å²) < 4.78 is 11.3. The largest absolute Gasteiger partial charge is 0.492 e. The summed E-state index contributed by atoms with van der Waals surface area (Å²) in [6, 6.07) is 7.99. The number of hydrogen-bond donors (Lipinski definition) is 3. The van der Waals surface area contributed by atoms with Crippen molar-refractivity contribution in [2.75, 3.05) is 73.2 Å². The lowest BCUT2D eigenvalue weighted by atomic mass is 10.1. The van der Waals surface area contributed by atoms with Crippen LogP contribution in [0.15, 0.2) is 29.3 Å². The van der Waals surface area contributed by atoms with Gasteiger partial charge in [0.05, 0.1) is 25.4 Å². The quantitative estimate of drug-likeness (QED) is 0.360. The van der Waals surface area contributed by atoms with Gasteiger partial charge in [0.1, 0.15) is 12.4 Å². The minimum atomic E-state index is -0.860. The van der Waals surface area contributed by atoms with Crippen LogP contribution in [0.3, 0.4) is 0 Å². The number of para-hydroxylation sites is 1. The molecule has 170 valence electrons. The normalized spacial score (nSPS) is 17.6. The fourth-order valence-corrected chi connectivity index (χ4v) is 3.19. The van der Waals surface area contributed by atoms with Crippen LogP contribution in [-0.2, 0) is 11.3 Å². The van der Waals surface area contributed by atoms with Crippen LogP contribution in [0.5, 0.6) is 5.75 Å². The molecule has 1 aromatic rings. The van der Waals surface area contributed by atoms with E-state index >= 15 is 0 Å². The van der Waals surface area contributed by atoms with Gasteiger partial charge in [-0.1, -0.05) is 18.2 Å². The van der Waals surface area contributed by atoms with Crippen molar-refractivity contribution in [2.45, 2.75) is 26.0 Å². The number of nitrogens with one attached hydrogen (secondary N) is 2. The first-order valence-corrected chi connectivity index (χ1v) is 10.8. The maximum Gasteiger partial charge on any atom is 0.191 e. The average Bonchev–Trinajstić information content (AvgIpc) is 2.71. The van der Waals surface area contributed by atoms with Crippen LogP contribution in [0.25, 0.3) is 0 Å². The average molecular weight is 422 g/mol. The molecule has 1 atom stereocenters. The molecule has 1 fully saturated rings. The number of hydrogen-bond acceptors (Lipinski definition) is 6. The molecule has 2 rings (SSSR count). The first kappa shape index (κ1) is 24.4. The lowest BCUT2D eigenvalue weighted by Crippen LogP contribution is -2.52. The van der Waals surface area contributed by atoms with E-state index in [4.69, 9.17) is 14.5 Å². The molecule has 0 aliphatic carbocycles. The molecule has 1 saturated heterocycles. The molecule has 8 heteroatoms. The molecule has 30 heavy (non-hydrogen) atoms. The van der Waals surface area contributed by atoms with Crippen LogP contribution in [0, 0.1) is 0 Å². The molecule has 1 aromatic carbocycles. The van der Waals surface area contributed by atoms with Gasteiger partial charge in [0.2, 0.25) is 0 Å². The Bertz CT molecular complexity index is 645. The second-order valence-electron chi connectivity index (χ2n) is 8.19.